The van der Waals surface area contributed by atoms with E-state index in [4.69, 9.17) is 5.73 Å². The Morgan fingerprint density at radius 2 is 2.12 bits per heavy atom. The van der Waals surface area contributed by atoms with E-state index in [9.17, 15) is 0 Å². The molecule has 0 amide bonds. The van der Waals surface area contributed by atoms with Gasteiger partial charge >= 0.3 is 0 Å². The molecule has 0 saturated heterocycles. The molecule has 1 heterocycles. The third-order valence-electron chi connectivity index (χ3n) is 2.56. The molecule has 0 aliphatic rings. The summed E-state index contributed by atoms with van der Waals surface area (Å²) in [6.45, 7) is 1.74. The number of nitrogens with one attached hydrogen (secondary N) is 1. The van der Waals surface area contributed by atoms with Crippen LogP contribution in [0.15, 0.2) is 36.5 Å². The number of nitrogens with zero attached hydrogens (tertiary/aromatic N) is 1. The first kappa shape index (κ1) is 10.9. The molecule has 0 fully saturated rings. The van der Waals surface area contributed by atoms with Crippen LogP contribution in [0.5, 0.6) is 0 Å². The minimum atomic E-state index is 0.767. The van der Waals surface area contributed by atoms with Gasteiger partial charge in [0.05, 0.1) is 5.52 Å². The predicted octanol–water partition coefficient (Wildman–Crippen LogP) is 2.39. The summed E-state index contributed by atoms with van der Waals surface area (Å²) in [5.41, 5.74) is 7.63. The van der Waals surface area contributed by atoms with Gasteiger partial charge in [0, 0.05) is 23.8 Å². The molecule has 0 atom stereocenters. The lowest BCUT2D eigenvalue weighted by Gasteiger charge is -2.06. The molecule has 3 nitrogen and oxygen atoms in total. The fraction of sp³-hybridized carbons (Fsp3) is 0.308. The van der Waals surface area contributed by atoms with Gasteiger partial charge in [0.15, 0.2) is 0 Å². The SMILES string of the molecule is NCCCCNc1ccc2ncccc2c1. The number of fused-ring (bicyclic) bond motifs is 1. The van der Waals surface area contributed by atoms with Crippen LogP contribution in [-0.2, 0) is 0 Å². The summed E-state index contributed by atoms with van der Waals surface area (Å²) in [4.78, 5) is 4.29. The second-order valence-electron chi connectivity index (χ2n) is 3.83. The summed E-state index contributed by atoms with van der Waals surface area (Å²) in [5, 5.41) is 4.56. The van der Waals surface area contributed by atoms with Gasteiger partial charge in [-0.3, -0.25) is 4.98 Å². The summed E-state index contributed by atoms with van der Waals surface area (Å²) >= 11 is 0. The van der Waals surface area contributed by atoms with E-state index < -0.39 is 0 Å². The molecule has 0 aliphatic carbocycles. The molecule has 0 bridgehead atoms. The Kier molecular flexibility index (Phi) is 3.72. The standard InChI is InChI=1S/C13H17N3/c14-7-1-2-8-15-12-5-6-13-11(10-12)4-3-9-16-13/h3-6,9-10,15H,1-2,7-8,14H2. The molecule has 1 aromatic carbocycles. The fourth-order valence-corrected chi connectivity index (χ4v) is 1.69. The van der Waals surface area contributed by atoms with Gasteiger partial charge in [-0.2, -0.15) is 0 Å². The highest BCUT2D eigenvalue weighted by atomic mass is 14.9. The Balaban J connectivity index is 2.02. The quantitative estimate of drug-likeness (QED) is 0.753. The third kappa shape index (κ3) is 2.70. The average Bonchev–Trinajstić information content (AvgIpc) is 2.34. The number of hydrogen-bond acceptors (Lipinski definition) is 3. The topological polar surface area (TPSA) is 50.9 Å². The monoisotopic (exact) mass is 215 g/mol. The maximum absolute atomic E-state index is 5.45. The van der Waals surface area contributed by atoms with Crippen molar-refractivity contribution in [3.05, 3.63) is 36.5 Å². The molecule has 3 heteroatoms. The first-order valence-corrected chi connectivity index (χ1v) is 5.69. The van der Waals surface area contributed by atoms with E-state index in [0.717, 1.165) is 37.1 Å². The van der Waals surface area contributed by atoms with E-state index in [2.05, 4.69) is 28.5 Å². The van der Waals surface area contributed by atoms with Crippen molar-refractivity contribution in [1.29, 1.82) is 0 Å². The maximum Gasteiger partial charge on any atom is 0.0703 e. The molecule has 2 rings (SSSR count). The summed E-state index contributed by atoms with van der Waals surface area (Å²) in [6, 6.07) is 10.3. The Labute approximate surface area is 95.7 Å². The van der Waals surface area contributed by atoms with Crippen molar-refractivity contribution in [1.82, 2.24) is 4.98 Å². The highest BCUT2D eigenvalue weighted by Crippen LogP contribution is 2.16. The minimum absolute atomic E-state index is 0.767. The van der Waals surface area contributed by atoms with Crippen LogP contribution in [0.4, 0.5) is 5.69 Å². The molecule has 16 heavy (non-hydrogen) atoms. The lowest BCUT2D eigenvalue weighted by molar-refractivity contribution is 0.774. The number of unbranched alkanes of at least 4 members (excludes halogenated alkanes) is 1. The van der Waals surface area contributed by atoms with Crippen LogP contribution in [-0.4, -0.2) is 18.1 Å². The van der Waals surface area contributed by atoms with Crippen LogP contribution in [0, 0.1) is 0 Å². The number of nitrogens with two attached hydrogens (primary N) is 1. The van der Waals surface area contributed by atoms with Gasteiger partial charge in [-0.05, 0) is 43.7 Å². The smallest absolute Gasteiger partial charge is 0.0703 e. The van der Waals surface area contributed by atoms with E-state index >= 15 is 0 Å². The second-order valence-corrected chi connectivity index (χ2v) is 3.83. The van der Waals surface area contributed by atoms with Gasteiger partial charge in [0.2, 0.25) is 0 Å². The molecule has 3 N–H and O–H groups in total. The van der Waals surface area contributed by atoms with Gasteiger partial charge in [-0.25, -0.2) is 0 Å². The molecule has 84 valence electrons. The first-order valence-electron chi connectivity index (χ1n) is 5.69. The summed E-state index contributed by atoms with van der Waals surface area (Å²) in [7, 11) is 0. The molecule has 0 saturated carbocycles. The van der Waals surface area contributed by atoms with E-state index in [0.29, 0.717) is 0 Å². The zero-order valence-electron chi connectivity index (χ0n) is 9.32. The molecular weight excluding hydrogens is 198 g/mol. The average molecular weight is 215 g/mol. The van der Waals surface area contributed by atoms with Crippen LogP contribution in [0.1, 0.15) is 12.8 Å². The lowest BCUT2D eigenvalue weighted by Crippen LogP contribution is -2.05. The molecule has 0 unspecified atom stereocenters. The first-order chi connectivity index (χ1) is 7.90. The van der Waals surface area contributed by atoms with Crippen molar-refractivity contribution in [2.24, 2.45) is 5.73 Å². The van der Waals surface area contributed by atoms with Gasteiger partial charge < -0.3 is 11.1 Å². The van der Waals surface area contributed by atoms with Crippen LogP contribution in [0.25, 0.3) is 10.9 Å². The van der Waals surface area contributed by atoms with Crippen molar-refractivity contribution < 1.29 is 0 Å². The number of benzene rings is 1. The number of hydrogen-bond donors (Lipinski definition) is 2. The second kappa shape index (κ2) is 5.47. The molecular formula is C13H17N3. The maximum atomic E-state index is 5.45. The molecule has 1 aromatic heterocycles. The van der Waals surface area contributed by atoms with Crippen molar-refractivity contribution in [2.45, 2.75) is 12.8 Å². The Morgan fingerprint density at radius 1 is 1.19 bits per heavy atom. The molecule has 0 radical (unpaired) electrons. The molecule has 0 aliphatic heterocycles. The number of pyridine rings is 1. The largest absolute Gasteiger partial charge is 0.385 e. The van der Waals surface area contributed by atoms with Crippen LogP contribution in [0.2, 0.25) is 0 Å². The van der Waals surface area contributed by atoms with E-state index in [1.165, 1.54) is 5.39 Å². The van der Waals surface area contributed by atoms with E-state index in [1.807, 2.05) is 18.3 Å². The number of rotatable bonds is 5. The van der Waals surface area contributed by atoms with Crippen LogP contribution >= 0.6 is 0 Å². The predicted molar refractivity (Wildman–Crippen MR) is 68.5 cm³/mol. The Hall–Kier alpha value is -1.61. The van der Waals surface area contributed by atoms with Gasteiger partial charge in [-0.1, -0.05) is 6.07 Å². The van der Waals surface area contributed by atoms with Crippen molar-refractivity contribution in [3.63, 3.8) is 0 Å². The van der Waals surface area contributed by atoms with Crippen molar-refractivity contribution >= 4 is 16.6 Å². The van der Waals surface area contributed by atoms with Gasteiger partial charge in [0.25, 0.3) is 0 Å². The van der Waals surface area contributed by atoms with E-state index in [1.54, 1.807) is 0 Å². The number of aromatic nitrogens is 1. The van der Waals surface area contributed by atoms with E-state index in [-0.39, 0.29) is 0 Å². The van der Waals surface area contributed by atoms with Crippen molar-refractivity contribution in [3.8, 4) is 0 Å². The fourth-order valence-electron chi connectivity index (χ4n) is 1.69. The normalized spacial score (nSPS) is 10.6. The lowest BCUT2D eigenvalue weighted by atomic mass is 10.2. The molecule has 0 spiro atoms. The zero-order valence-corrected chi connectivity index (χ0v) is 9.32. The van der Waals surface area contributed by atoms with Gasteiger partial charge in [-0.15, -0.1) is 0 Å². The Bertz CT molecular complexity index is 454. The number of anilines is 1. The van der Waals surface area contributed by atoms with Crippen molar-refractivity contribution in [2.75, 3.05) is 18.4 Å². The molecule has 2 aromatic rings. The third-order valence-corrected chi connectivity index (χ3v) is 2.56. The summed E-state index contributed by atoms with van der Waals surface area (Å²) in [6.07, 6.45) is 4.00. The Morgan fingerprint density at radius 3 is 3.00 bits per heavy atom. The summed E-state index contributed by atoms with van der Waals surface area (Å²) < 4.78 is 0. The summed E-state index contributed by atoms with van der Waals surface area (Å²) in [5.74, 6) is 0. The minimum Gasteiger partial charge on any atom is -0.385 e. The highest BCUT2D eigenvalue weighted by Gasteiger charge is 1.95. The zero-order chi connectivity index (χ0) is 11.2. The van der Waals surface area contributed by atoms with Crippen LogP contribution in [0.3, 0.4) is 0 Å². The van der Waals surface area contributed by atoms with Crippen LogP contribution < -0.4 is 11.1 Å². The van der Waals surface area contributed by atoms with Gasteiger partial charge in [0.1, 0.15) is 0 Å². The highest BCUT2D eigenvalue weighted by molar-refractivity contribution is 5.82.